The van der Waals surface area contributed by atoms with Crippen molar-refractivity contribution in [3.8, 4) is 0 Å². The summed E-state index contributed by atoms with van der Waals surface area (Å²) in [6.45, 7) is 2.16. The summed E-state index contributed by atoms with van der Waals surface area (Å²) in [7, 11) is 0. The maximum Gasteiger partial charge on any atom is 1.00 e. The fourth-order valence-electron chi connectivity index (χ4n) is 0.131. The molecule has 42 valence electrons. The Hall–Kier alpha value is 0.866. The number of nitrogens with one attached hydrogen (secondary N) is 1. The van der Waals surface area contributed by atoms with Crippen LogP contribution in [0.5, 0.6) is 0 Å². The average molecular weight is 143 g/mol. The summed E-state index contributed by atoms with van der Waals surface area (Å²) in [5.41, 5.74) is 2.09. The molecule has 0 aromatic carbocycles. The van der Waals surface area contributed by atoms with Gasteiger partial charge in [0.2, 0.25) is 0 Å². The van der Waals surface area contributed by atoms with Crippen LogP contribution >= 0.6 is 0 Å². The smallest absolute Gasteiger partial charge is 0.469 e. The zero-order chi connectivity index (χ0) is 5.70. The number of carboxylic acid groups (broad SMARTS) is 1. The predicted molar refractivity (Wildman–Crippen MR) is 20.2 cm³/mol. The van der Waals surface area contributed by atoms with Crippen molar-refractivity contribution in [1.82, 2.24) is 5.48 Å². The van der Waals surface area contributed by atoms with Gasteiger partial charge in [0.25, 0.3) is 6.16 Å². The number of hydrogen-bond donors (Lipinski definition) is 1. The molecule has 1 N–H and O–H groups in total. The summed E-state index contributed by atoms with van der Waals surface area (Å²) in [4.78, 5) is 13.1. The molecule has 0 saturated carbocycles. The molecular formula is C3H6KNO3. The van der Waals surface area contributed by atoms with Gasteiger partial charge in [-0.25, -0.2) is 5.48 Å². The first-order valence-electron chi connectivity index (χ1n) is 1.88. The second-order valence-corrected chi connectivity index (χ2v) is 0.850. The van der Waals surface area contributed by atoms with Crippen LogP contribution in [0, 0.1) is 0 Å². The van der Waals surface area contributed by atoms with Crippen LogP contribution in [0.25, 0.3) is 0 Å². The quantitative estimate of drug-likeness (QED) is 0.315. The molecule has 5 heteroatoms. The standard InChI is InChI=1S/C3H7NO3.K/c1-2-4-7-3(5)6;/h4H,2H2,1H3,(H,5,6);/q;+1/p-1. The van der Waals surface area contributed by atoms with Crippen LogP contribution in [-0.4, -0.2) is 12.7 Å². The third-order valence-corrected chi connectivity index (χ3v) is 0.300. The zero-order valence-electron chi connectivity index (χ0n) is 4.93. The summed E-state index contributed by atoms with van der Waals surface area (Å²) < 4.78 is 0. The second kappa shape index (κ2) is 7.87. The van der Waals surface area contributed by atoms with Gasteiger partial charge in [-0.05, 0) is 0 Å². The predicted octanol–water partition coefficient (Wildman–Crippen LogP) is -4.13. The molecule has 0 bridgehead atoms. The van der Waals surface area contributed by atoms with Crippen LogP contribution in [0.1, 0.15) is 6.92 Å². The van der Waals surface area contributed by atoms with E-state index in [9.17, 15) is 9.90 Å². The van der Waals surface area contributed by atoms with E-state index in [1.807, 2.05) is 0 Å². The average Bonchev–Trinajstić information content (AvgIpc) is 1.61. The Labute approximate surface area is 90.0 Å². The van der Waals surface area contributed by atoms with Gasteiger partial charge in [-0.1, -0.05) is 6.92 Å². The monoisotopic (exact) mass is 143 g/mol. The minimum atomic E-state index is -1.55. The Bertz CT molecular complexity index is 67.5. The van der Waals surface area contributed by atoms with Gasteiger partial charge >= 0.3 is 51.4 Å². The van der Waals surface area contributed by atoms with Crippen LogP contribution in [-0.2, 0) is 4.84 Å². The van der Waals surface area contributed by atoms with Crippen LogP contribution in [0.4, 0.5) is 4.79 Å². The largest absolute Gasteiger partial charge is 1.00 e. The first-order chi connectivity index (χ1) is 3.27. The molecule has 0 radical (unpaired) electrons. The molecule has 0 aliphatic carbocycles. The second-order valence-electron chi connectivity index (χ2n) is 0.850. The van der Waals surface area contributed by atoms with E-state index >= 15 is 0 Å². The third kappa shape index (κ3) is 9.98. The maximum atomic E-state index is 9.36. The van der Waals surface area contributed by atoms with Crippen molar-refractivity contribution in [2.75, 3.05) is 6.54 Å². The fourth-order valence-corrected chi connectivity index (χ4v) is 0.131. The molecule has 0 aliphatic rings. The van der Waals surface area contributed by atoms with E-state index in [0.29, 0.717) is 6.54 Å². The summed E-state index contributed by atoms with van der Waals surface area (Å²) >= 11 is 0. The molecule has 0 atom stereocenters. The van der Waals surface area contributed by atoms with Crippen molar-refractivity contribution in [3.05, 3.63) is 0 Å². The SMILES string of the molecule is CCNOC(=O)[O-].[K+]. The number of hydroxylamine groups is 1. The minimum absolute atomic E-state index is 0. The van der Waals surface area contributed by atoms with Crippen molar-refractivity contribution in [3.63, 3.8) is 0 Å². The van der Waals surface area contributed by atoms with Gasteiger partial charge in [0.1, 0.15) is 0 Å². The van der Waals surface area contributed by atoms with Crippen LogP contribution in [0.3, 0.4) is 0 Å². The number of rotatable bonds is 2. The Morgan fingerprint density at radius 2 is 2.38 bits per heavy atom. The van der Waals surface area contributed by atoms with Gasteiger partial charge in [0, 0.05) is 6.54 Å². The topological polar surface area (TPSA) is 61.4 Å². The Kier molecular flexibility index (Phi) is 11.4. The molecule has 0 rings (SSSR count). The maximum absolute atomic E-state index is 9.36. The van der Waals surface area contributed by atoms with E-state index in [1.165, 1.54) is 0 Å². The molecule has 0 aromatic rings. The van der Waals surface area contributed by atoms with Crippen molar-refractivity contribution < 1.29 is 66.1 Å². The van der Waals surface area contributed by atoms with Gasteiger partial charge in [0.15, 0.2) is 0 Å². The van der Waals surface area contributed by atoms with E-state index < -0.39 is 6.16 Å². The van der Waals surface area contributed by atoms with Crippen LogP contribution < -0.4 is 62.0 Å². The van der Waals surface area contributed by atoms with Gasteiger partial charge in [-0.3, -0.25) is 0 Å². The van der Waals surface area contributed by atoms with E-state index in [4.69, 9.17) is 0 Å². The minimum Gasteiger partial charge on any atom is -0.469 e. The van der Waals surface area contributed by atoms with Crippen molar-refractivity contribution in [2.45, 2.75) is 6.92 Å². The van der Waals surface area contributed by atoms with Gasteiger partial charge < -0.3 is 14.7 Å². The van der Waals surface area contributed by atoms with E-state index in [0.717, 1.165) is 0 Å². The molecular weight excluding hydrogens is 137 g/mol. The van der Waals surface area contributed by atoms with Crippen LogP contribution in [0.2, 0.25) is 0 Å². The van der Waals surface area contributed by atoms with E-state index in [2.05, 4.69) is 10.3 Å². The molecule has 0 aliphatic heterocycles. The molecule has 4 nitrogen and oxygen atoms in total. The number of carbonyl (C=O) groups is 1. The Morgan fingerprint density at radius 1 is 1.88 bits per heavy atom. The molecule has 8 heavy (non-hydrogen) atoms. The van der Waals surface area contributed by atoms with E-state index in [1.54, 1.807) is 6.92 Å². The van der Waals surface area contributed by atoms with Gasteiger partial charge in [-0.15, -0.1) is 0 Å². The first kappa shape index (κ1) is 11.6. The molecule has 0 saturated heterocycles. The van der Waals surface area contributed by atoms with Crippen molar-refractivity contribution in [1.29, 1.82) is 0 Å². The van der Waals surface area contributed by atoms with Crippen molar-refractivity contribution >= 4 is 6.16 Å². The first-order valence-corrected chi connectivity index (χ1v) is 1.88. The molecule has 0 unspecified atom stereocenters. The zero-order valence-corrected chi connectivity index (χ0v) is 8.05. The molecule has 0 spiro atoms. The van der Waals surface area contributed by atoms with E-state index in [-0.39, 0.29) is 51.4 Å². The van der Waals surface area contributed by atoms with Crippen LogP contribution in [0.15, 0.2) is 0 Å². The number of carbonyl (C=O) groups excluding carboxylic acids is 1. The molecule has 0 fully saturated rings. The molecule has 0 aromatic heterocycles. The normalized spacial score (nSPS) is 7.12. The number of hydrogen-bond acceptors (Lipinski definition) is 4. The summed E-state index contributed by atoms with van der Waals surface area (Å²) in [6, 6.07) is 0. The fraction of sp³-hybridized carbons (Fsp3) is 0.667. The third-order valence-electron chi connectivity index (χ3n) is 0.300. The summed E-state index contributed by atoms with van der Waals surface area (Å²) in [5, 5.41) is 9.36. The van der Waals surface area contributed by atoms with Gasteiger partial charge in [-0.2, -0.15) is 0 Å². The Balaban J connectivity index is 0. The summed E-state index contributed by atoms with van der Waals surface area (Å²) in [6.07, 6.45) is -1.55. The molecule has 0 amide bonds. The molecule has 0 heterocycles. The Morgan fingerprint density at radius 3 is 2.50 bits per heavy atom. The van der Waals surface area contributed by atoms with Gasteiger partial charge in [0.05, 0.1) is 0 Å². The van der Waals surface area contributed by atoms with Crippen molar-refractivity contribution in [2.24, 2.45) is 0 Å². The summed E-state index contributed by atoms with van der Waals surface area (Å²) in [5.74, 6) is 0.